The number of benzene rings is 1. The van der Waals surface area contributed by atoms with Crippen LogP contribution in [0.25, 0.3) is 22.0 Å². The van der Waals surface area contributed by atoms with E-state index in [1.54, 1.807) is 24.5 Å². The van der Waals surface area contributed by atoms with Crippen molar-refractivity contribution in [3.63, 3.8) is 0 Å². The van der Waals surface area contributed by atoms with Crippen LogP contribution in [-0.2, 0) is 7.05 Å². The molecule has 4 rings (SSSR count). The number of rotatable bonds is 4. The lowest BCUT2D eigenvalue weighted by Crippen LogP contribution is -2.15. The Kier molecular flexibility index (Phi) is 4.99. The van der Waals surface area contributed by atoms with Crippen molar-refractivity contribution >= 4 is 28.3 Å². The van der Waals surface area contributed by atoms with Gasteiger partial charge in [0.2, 0.25) is 0 Å². The average molecular weight is 399 g/mol. The second-order valence-corrected chi connectivity index (χ2v) is 7.74. The molecule has 3 aromatic heterocycles. The molecule has 0 aliphatic carbocycles. The van der Waals surface area contributed by atoms with Crippen molar-refractivity contribution in [1.82, 2.24) is 14.5 Å². The van der Waals surface area contributed by atoms with Crippen LogP contribution in [0.1, 0.15) is 21.6 Å². The van der Waals surface area contributed by atoms with Gasteiger partial charge in [-0.2, -0.15) is 0 Å². The third-order valence-electron chi connectivity index (χ3n) is 5.51. The molecule has 3 heterocycles. The predicted molar refractivity (Wildman–Crippen MR) is 122 cm³/mol. The highest BCUT2D eigenvalue weighted by Gasteiger charge is 2.11. The molecule has 1 amide bonds. The molecule has 0 saturated carbocycles. The average Bonchev–Trinajstić information content (AvgIpc) is 3.00. The Morgan fingerprint density at radius 3 is 2.50 bits per heavy atom. The number of hydrogen-bond acceptors (Lipinski definition) is 4. The number of amides is 1. The fourth-order valence-corrected chi connectivity index (χ4v) is 3.49. The molecular weight excluding hydrogens is 374 g/mol. The highest BCUT2D eigenvalue weighted by atomic mass is 16.1. The largest absolute Gasteiger partial charge is 0.363 e. The van der Waals surface area contributed by atoms with Gasteiger partial charge in [-0.05, 0) is 60.7 Å². The van der Waals surface area contributed by atoms with Crippen LogP contribution >= 0.6 is 0 Å². The van der Waals surface area contributed by atoms with E-state index in [-0.39, 0.29) is 5.91 Å². The molecule has 0 bridgehead atoms. The first kappa shape index (κ1) is 19.6. The molecule has 0 fully saturated rings. The number of nitrogens with one attached hydrogen (secondary N) is 1. The lowest BCUT2D eigenvalue weighted by Gasteiger charge is -2.12. The topological polar surface area (TPSA) is 63.1 Å². The molecule has 30 heavy (non-hydrogen) atoms. The zero-order valence-corrected chi connectivity index (χ0v) is 17.9. The van der Waals surface area contributed by atoms with Crippen LogP contribution in [0, 0.1) is 13.8 Å². The van der Waals surface area contributed by atoms with E-state index in [1.807, 2.05) is 25.1 Å². The summed E-state index contributed by atoms with van der Waals surface area (Å²) in [5.41, 5.74) is 5.36. The van der Waals surface area contributed by atoms with Crippen LogP contribution in [0.2, 0.25) is 0 Å². The zero-order chi connectivity index (χ0) is 21.4. The molecule has 0 spiro atoms. The standard InChI is InChI=1S/C24H25N5O/c1-15-10-21(29(5)16(15)2)17-6-7-19-14-26-22(12-20(19)11-17)27-24(30)18-8-9-25-23(13-18)28(3)4/h6-14H,1-5H3,(H,26,27,30). The smallest absolute Gasteiger partial charge is 0.257 e. The van der Waals surface area contributed by atoms with Gasteiger partial charge in [-0.25, -0.2) is 9.97 Å². The molecule has 152 valence electrons. The molecule has 0 atom stereocenters. The van der Waals surface area contributed by atoms with Crippen LogP contribution in [0.15, 0.2) is 54.9 Å². The second kappa shape index (κ2) is 7.63. The summed E-state index contributed by atoms with van der Waals surface area (Å²) in [6.07, 6.45) is 3.42. The first-order valence-corrected chi connectivity index (χ1v) is 9.81. The first-order valence-electron chi connectivity index (χ1n) is 9.81. The zero-order valence-electron chi connectivity index (χ0n) is 17.9. The number of carbonyl (C=O) groups is 1. The van der Waals surface area contributed by atoms with Crippen LogP contribution in [0.3, 0.4) is 0 Å². The molecule has 1 aromatic carbocycles. The number of nitrogens with zero attached hydrogens (tertiary/aromatic N) is 4. The van der Waals surface area contributed by atoms with Crippen molar-refractivity contribution in [2.75, 3.05) is 24.3 Å². The number of carbonyl (C=O) groups excluding carboxylic acids is 1. The van der Waals surface area contributed by atoms with E-state index in [0.29, 0.717) is 11.4 Å². The van der Waals surface area contributed by atoms with E-state index in [4.69, 9.17) is 0 Å². The van der Waals surface area contributed by atoms with Gasteiger partial charge in [0.05, 0.1) is 0 Å². The Bertz CT molecular complexity index is 1260. The van der Waals surface area contributed by atoms with E-state index in [9.17, 15) is 4.79 Å². The molecule has 6 nitrogen and oxygen atoms in total. The number of hydrogen-bond donors (Lipinski definition) is 1. The van der Waals surface area contributed by atoms with Gasteiger partial charge in [0, 0.05) is 55.9 Å². The summed E-state index contributed by atoms with van der Waals surface area (Å²) < 4.78 is 2.20. The second-order valence-electron chi connectivity index (χ2n) is 7.74. The van der Waals surface area contributed by atoms with Gasteiger partial charge in [-0.3, -0.25) is 4.79 Å². The fraction of sp³-hybridized carbons (Fsp3) is 0.208. The number of fused-ring (bicyclic) bond motifs is 1. The Labute approximate surface area is 176 Å². The highest BCUT2D eigenvalue weighted by molar-refractivity contribution is 6.05. The molecule has 0 saturated heterocycles. The minimum Gasteiger partial charge on any atom is -0.363 e. The summed E-state index contributed by atoms with van der Waals surface area (Å²) in [6.45, 7) is 4.25. The molecule has 0 aliphatic rings. The summed E-state index contributed by atoms with van der Waals surface area (Å²) in [5.74, 6) is 1.04. The third-order valence-corrected chi connectivity index (χ3v) is 5.51. The van der Waals surface area contributed by atoms with E-state index in [1.165, 1.54) is 17.0 Å². The summed E-state index contributed by atoms with van der Waals surface area (Å²) in [7, 11) is 5.86. The summed E-state index contributed by atoms with van der Waals surface area (Å²) in [5, 5.41) is 4.95. The van der Waals surface area contributed by atoms with Gasteiger partial charge in [-0.15, -0.1) is 0 Å². The Morgan fingerprint density at radius 2 is 1.80 bits per heavy atom. The van der Waals surface area contributed by atoms with Crippen molar-refractivity contribution in [3.8, 4) is 11.3 Å². The first-order chi connectivity index (χ1) is 14.3. The molecule has 4 aromatic rings. The number of pyridine rings is 2. The fourth-order valence-electron chi connectivity index (χ4n) is 3.49. The maximum Gasteiger partial charge on any atom is 0.257 e. The molecule has 6 heteroatoms. The van der Waals surface area contributed by atoms with Gasteiger partial charge in [0.15, 0.2) is 0 Å². The lowest BCUT2D eigenvalue weighted by atomic mass is 10.1. The minimum absolute atomic E-state index is 0.211. The van der Waals surface area contributed by atoms with E-state index in [0.717, 1.165) is 22.2 Å². The van der Waals surface area contributed by atoms with Crippen LogP contribution in [0.5, 0.6) is 0 Å². The van der Waals surface area contributed by atoms with Gasteiger partial charge in [-0.1, -0.05) is 12.1 Å². The molecule has 1 N–H and O–H groups in total. The Morgan fingerprint density at radius 1 is 1.00 bits per heavy atom. The monoisotopic (exact) mass is 399 g/mol. The van der Waals surface area contributed by atoms with Gasteiger partial charge < -0.3 is 14.8 Å². The van der Waals surface area contributed by atoms with Crippen LogP contribution in [-0.4, -0.2) is 34.5 Å². The van der Waals surface area contributed by atoms with Crippen molar-refractivity contribution in [3.05, 3.63) is 71.7 Å². The molecule has 0 unspecified atom stereocenters. The molecular formula is C24H25N5O. The van der Waals surface area contributed by atoms with E-state index in [2.05, 4.69) is 65.0 Å². The van der Waals surface area contributed by atoms with Gasteiger partial charge in [0.1, 0.15) is 11.6 Å². The van der Waals surface area contributed by atoms with Crippen molar-refractivity contribution in [2.24, 2.45) is 7.05 Å². The Balaban J connectivity index is 1.65. The minimum atomic E-state index is -0.211. The molecule has 0 aliphatic heterocycles. The third kappa shape index (κ3) is 3.64. The van der Waals surface area contributed by atoms with Crippen molar-refractivity contribution in [1.29, 1.82) is 0 Å². The summed E-state index contributed by atoms with van der Waals surface area (Å²) >= 11 is 0. The van der Waals surface area contributed by atoms with E-state index < -0.39 is 0 Å². The van der Waals surface area contributed by atoms with Gasteiger partial charge >= 0.3 is 0 Å². The quantitative estimate of drug-likeness (QED) is 0.546. The normalized spacial score (nSPS) is 11.0. The van der Waals surface area contributed by atoms with Crippen molar-refractivity contribution in [2.45, 2.75) is 13.8 Å². The predicted octanol–water partition coefficient (Wildman–Crippen LogP) is 4.57. The maximum absolute atomic E-state index is 12.7. The number of anilines is 2. The van der Waals surface area contributed by atoms with Crippen LogP contribution < -0.4 is 10.2 Å². The van der Waals surface area contributed by atoms with Crippen LogP contribution in [0.4, 0.5) is 11.6 Å². The maximum atomic E-state index is 12.7. The number of aryl methyl sites for hydroxylation is 1. The van der Waals surface area contributed by atoms with Crippen molar-refractivity contribution < 1.29 is 4.79 Å². The Hall–Kier alpha value is -3.67. The molecule has 0 radical (unpaired) electrons. The summed E-state index contributed by atoms with van der Waals surface area (Å²) in [6, 6.07) is 13.9. The summed E-state index contributed by atoms with van der Waals surface area (Å²) in [4.78, 5) is 23.2. The van der Waals surface area contributed by atoms with E-state index >= 15 is 0 Å². The highest BCUT2D eigenvalue weighted by Crippen LogP contribution is 2.28. The number of aromatic nitrogens is 3. The van der Waals surface area contributed by atoms with Gasteiger partial charge in [0.25, 0.3) is 5.91 Å². The lowest BCUT2D eigenvalue weighted by molar-refractivity contribution is 0.102. The SMILES string of the molecule is Cc1cc(-c2ccc3cnc(NC(=O)c4ccnc(N(C)C)c4)cc3c2)n(C)c1C.